The molecule has 1 aliphatic carbocycles. The summed E-state index contributed by atoms with van der Waals surface area (Å²) in [5, 5.41) is 6.92. The lowest BCUT2D eigenvalue weighted by Crippen LogP contribution is -2.47. The molecule has 0 N–H and O–H groups in total. The van der Waals surface area contributed by atoms with Crippen molar-refractivity contribution in [3.05, 3.63) is 27.6 Å². The Morgan fingerprint density at radius 2 is 1.73 bits per heavy atom. The highest BCUT2D eigenvalue weighted by atomic mass is 32.1. The maximum absolute atomic E-state index is 13.5. The van der Waals surface area contributed by atoms with E-state index in [1.165, 1.54) is 4.88 Å². The summed E-state index contributed by atoms with van der Waals surface area (Å²) in [5.74, 6) is 0.531. The monoisotopic (exact) mass is 470 g/mol. The predicted octanol–water partition coefficient (Wildman–Crippen LogP) is 1.51. The van der Waals surface area contributed by atoms with Gasteiger partial charge < -0.3 is 19.6 Å². The Bertz CT molecular complexity index is 1040. The molecular weight excluding hydrogens is 436 g/mol. The van der Waals surface area contributed by atoms with Gasteiger partial charge in [-0.25, -0.2) is 0 Å². The summed E-state index contributed by atoms with van der Waals surface area (Å²) < 4.78 is 1.82. The van der Waals surface area contributed by atoms with E-state index in [1.54, 1.807) is 11.3 Å². The van der Waals surface area contributed by atoms with Crippen LogP contribution in [-0.4, -0.2) is 108 Å². The fourth-order valence-corrected chi connectivity index (χ4v) is 6.24. The van der Waals surface area contributed by atoms with Gasteiger partial charge in [-0.15, -0.1) is 11.3 Å². The summed E-state index contributed by atoms with van der Waals surface area (Å²) in [6, 6.07) is 2.12. The molecule has 2 saturated heterocycles. The van der Waals surface area contributed by atoms with Gasteiger partial charge in [0.05, 0.1) is 5.69 Å². The first-order chi connectivity index (χ1) is 15.9. The van der Waals surface area contributed by atoms with Gasteiger partial charge >= 0.3 is 0 Å². The van der Waals surface area contributed by atoms with E-state index < -0.39 is 0 Å². The third-order valence-corrected chi connectivity index (χ3v) is 8.17. The van der Waals surface area contributed by atoms with Crippen LogP contribution in [-0.2, 0) is 24.2 Å². The maximum atomic E-state index is 13.5. The molecule has 2 aromatic rings. The zero-order valence-corrected chi connectivity index (χ0v) is 20.7. The van der Waals surface area contributed by atoms with Crippen molar-refractivity contribution in [2.75, 3.05) is 66.5 Å². The number of nitrogens with zero attached hydrogens (tertiary/aromatic N) is 6. The second-order valence-corrected chi connectivity index (χ2v) is 10.9. The first-order valence-corrected chi connectivity index (χ1v) is 12.9. The molecule has 5 rings (SSSR count). The summed E-state index contributed by atoms with van der Waals surface area (Å²) >= 11 is 1.75. The average Bonchev–Trinajstić information content (AvgIpc) is 3.36. The van der Waals surface area contributed by atoms with Crippen LogP contribution in [0.15, 0.2) is 11.4 Å². The van der Waals surface area contributed by atoms with Crippen LogP contribution in [0, 0.1) is 5.92 Å². The third kappa shape index (κ3) is 4.46. The van der Waals surface area contributed by atoms with E-state index in [-0.39, 0.29) is 18.4 Å². The largest absolute Gasteiger partial charge is 0.339 e. The van der Waals surface area contributed by atoms with E-state index in [2.05, 4.69) is 42.3 Å². The Balaban J connectivity index is 1.45. The molecule has 2 fully saturated rings. The fourth-order valence-electron chi connectivity index (χ4n) is 5.36. The van der Waals surface area contributed by atoms with Crippen molar-refractivity contribution in [1.82, 2.24) is 29.4 Å². The molecule has 0 radical (unpaired) electrons. The van der Waals surface area contributed by atoms with E-state index in [0.29, 0.717) is 11.6 Å². The first-order valence-electron chi connectivity index (χ1n) is 12.0. The number of likely N-dealkylation sites (N-methyl/N-ethyl adjacent to an activating group) is 2. The lowest BCUT2D eigenvalue weighted by atomic mass is 9.94. The fraction of sp³-hybridized carbons (Fsp3) is 0.625. The number of rotatable bonds is 3. The molecule has 9 heteroatoms. The van der Waals surface area contributed by atoms with Crippen LogP contribution in [0.3, 0.4) is 0 Å². The molecule has 0 spiro atoms. The van der Waals surface area contributed by atoms with Crippen LogP contribution in [0.4, 0.5) is 0 Å². The summed E-state index contributed by atoms with van der Waals surface area (Å²) in [7, 11) is 4.20. The van der Waals surface area contributed by atoms with E-state index in [4.69, 9.17) is 5.10 Å². The molecule has 2 aliphatic heterocycles. The highest BCUT2D eigenvalue weighted by molar-refractivity contribution is 7.10. The number of piperazine rings is 1. The van der Waals surface area contributed by atoms with Crippen LogP contribution < -0.4 is 0 Å². The smallest absolute Gasteiger partial charge is 0.274 e. The van der Waals surface area contributed by atoms with E-state index in [0.717, 1.165) is 82.0 Å². The number of carbonyl (C=O) groups is 2. The summed E-state index contributed by atoms with van der Waals surface area (Å²) in [5.41, 5.74) is 3.68. The summed E-state index contributed by atoms with van der Waals surface area (Å²) in [6.07, 6.45) is 1.73. The topological polar surface area (TPSA) is 64.9 Å². The van der Waals surface area contributed by atoms with Crippen LogP contribution in [0.2, 0.25) is 0 Å². The van der Waals surface area contributed by atoms with Gasteiger partial charge in [-0.05, 0) is 44.3 Å². The molecular formula is C24H34N6O2S. The number of aromatic nitrogens is 2. The van der Waals surface area contributed by atoms with Crippen LogP contribution in [0.1, 0.15) is 27.9 Å². The van der Waals surface area contributed by atoms with Crippen molar-refractivity contribution in [3.63, 3.8) is 0 Å². The second kappa shape index (κ2) is 9.19. The van der Waals surface area contributed by atoms with Crippen molar-refractivity contribution < 1.29 is 9.59 Å². The number of hydrogen-bond donors (Lipinski definition) is 0. The number of amides is 2. The minimum Gasteiger partial charge on any atom is -0.339 e. The highest BCUT2D eigenvalue weighted by Gasteiger charge is 2.33. The molecule has 0 aromatic carbocycles. The minimum absolute atomic E-state index is 0.00856. The molecule has 33 heavy (non-hydrogen) atoms. The van der Waals surface area contributed by atoms with Crippen LogP contribution >= 0.6 is 11.3 Å². The molecule has 2 aromatic heterocycles. The maximum Gasteiger partial charge on any atom is 0.274 e. The lowest BCUT2D eigenvalue weighted by Gasteiger charge is -2.32. The van der Waals surface area contributed by atoms with Gasteiger partial charge in [0.15, 0.2) is 5.69 Å². The number of aryl methyl sites for hydroxylation is 1. The number of thiophene rings is 1. The van der Waals surface area contributed by atoms with Crippen molar-refractivity contribution in [1.29, 1.82) is 0 Å². The zero-order chi connectivity index (χ0) is 23.1. The minimum atomic E-state index is 0.00856. The van der Waals surface area contributed by atoms with Gasteiger partial charge in [-0.3, -0.25) is 14.3 Å². The molecule has 8 nitrogen and oxygen atoms in total. The highest BCUT2D eigenvalue weighted by Crippen LogP contribution is 2.38. The third-order valence-electron chi connectivity index (χ3n) is 7.19. The molecule has 178 valence electrons. The standard InChI is InChI=1S/C24H34N6O2S/c1-17-14-27(3)9-12-29(15-17)21(31)16-30-23-18-6-13-33-20(18)5-4-19(23)22(25-30)24(32)28-10-7-26(2)8-11-28/h6,13,17H,4-5,7-12,14-16H2,1-3H3. The number of carbonyl (C=O) groups excluding carboxylic acids is 2. The van der Waals surface area contributed by atoms with Crippen molar-refractivity contribution in [2.24, 2.45) is 5.92 Å². The normalized spacial score (nSPS) is 22.1. The first kappa shape index (κ1) is 22.6. The zero-order valence-electron chi connectivity index (χ0n) is 19.9. The molecule has 1 unspecified atom stereocenters. The van der Waals surface area contributed by atoms with Gasteiger partial charge in [-0.2, -0.15) is 5.10 Å². The Hall–Kier alpha value is -2.23. The molecule has 2 amide bonds. The quantitative estimate of drug-likeness (QED) is 0.681. The van der Waals surface area contributed by atoms with Crippen molar-refractivity contribution in [3.8, 4) is 11.3 Å². The Labute approximate surface area is 199 Å². The van der Waals surface area contributed by atoms with Crippen molar-refractivity contribution in [2.45, 2.75) is 26.3 Å². The molecule has 4 heterocycles. The van der Waals surface area contributed by atoms with Gasteiger partial charge in [0.2, 0.25) is 5.91 Å². The summed E-state index contributed by atoms with van der Waals surface area (Å²) in [6.45, 7) is 8.97. The Kier molecular flexibility index (Phi) is 6.28. The second-order valence-electron chi connectivity index (χ2n) is 9.89. The SMILES string of the molecule is CC1CN(C)CCN(C(=O)Cn2nc(C(=O)N3CCN(C)CC3)c3c2-c2ccsc2CC3)C1. The molecule has 3 aliphatic rings. The molecule has 1 atom stereocenters. The van der Waals surface area contributed by atoms with E-state index in [1.807, 2.05) is 14.5 Å². The van der Waals surface area contributed by atoms with E-state index >= 15 is 0 Å². The average molecular weight is 471 g/mol. The van der Waals surface area contributed by atoms with Crippen LogP contribution in [0.5, 0.6) is 0 Å². The Morgan fingerprint density at radius 1 is 1.00 bits per heavy atom. The molecule has 0 saturated carbocycles. The van der Waals surface area contributed by atoms with Crippen LogP contribution in [0.25, 0.3) is 11.3 Å². The summed E-state index contributed by atoms with van der Waals surface area (Å²) in [4.78, 5) is 36.6. The van der Waals surface area contributed by atoms with Gasteiger partial charge in [-0.1, -0.05) is 6.92 Å². The number of fused-ring (bicyclic) bond motifs is 3. The number of hydrogen-bond acceptors (Lipinski definition) is 6. The van der Waals surface area contributed by atoms with E-state index in [9.17, 15) is 9.59 Å². The van der Waals surface area contributed by atoms with Gasteiger partial charge in [0, 0.05) is 68.4 Å². The van der Waals surface area contributed by atoms with Gasteiger partial charge in [0.1, 0.15) is 6.54 Å². The van der Waals surface area contributed by atoms with Crippen molar-refractivity contribution >= 4 is 23.2 Å². The molecule has 0 bridgehead atoms. The Morgan fingerprint density at radius 3 is 2.52 bits per heavy atom. The van der Waals surface area contributed by atoms with Gasteiger partial charge in [0.25, 0.3) is 5.91 Å². The lowest BCUT2D eigenvalue weighted by molar-refractivity contribution is -0.132. The predicted molar refractivity (Wildman–Crippen MR) is 130 cm³/mol.